The number of nitrogens with zero attached hydrogens (tertiary/aromatic N) is 1. The van der Waals surface area contributed by atoms with Crippen LogP contribution in [0.4, 0.5) is 5.69 Å². The first kappa shape index (κ1) is 28.1. The first-order chi connectivity index (χ1) is 20.6. The van der Waals surface area contributed by atoms with Crippen LogP contribution < -0.4 is 9.93 Å². The third-order valence-electron chi connectivity index (χ3n) is 8.95. The second-order valence-electron chi connectivity index (χ2n) is 12.0. The van der Waals surface area contributed by atoms with Crippen molar-refractivity contribution in [2.75, 3.05) is 6.54 Å². The Kier molecular flexibility index (Phi) is 7.85. The molecule has 2 nitrogen and oxygen atoms in total. The molecule has 0 bridgehead atoms. The summed E-state index contributed by atoms with van der Waals surface area (Å²) in [7, 11) is 0. The van der Waals surface area contributed by atoms with E-state index in [2.05, 4.69) is 97.1 Å². The molecule has 42 heavy (non-hydrogen) atoms. The monoisotopic (exact) mass is 609 g/mol. The molecule has 0 saturated heterocycles. The van der Waals surface area contributed by atoms with Crippen LogP contribution in [0.2, 0.25) is 0 Å². The molecule has 6 aromatic rings. The SMILES string of the molecule is CCCCCCc1cc2c(s1)=c1sc(=c3sc(=c4ccc5[nH]c(C)c6cccc4c56)cc3C)cc1[N+]=2CCCCCC. The van der Waals surface area contributed by atoms with E-state index in [0.29, 0.717) is 0 Å². The van der Waals surface area contributed by atoms with Gasteiger partial charge in [0.1, 0.15) is 15.6 Å². The number of rotatable bonds is 10. The lowest BCUT2D eigenvalue weighted by Gasteiger charge is -1.99. The van der Waals surface area contributed by atoms with Crippen molar-refractivity contribution in [1.82, 2.24) is 9.56 Å². The van der Waals surface area contributed by atoms with Gasteiger partial charge in [-0.2, -0.15) is 4.58 Å². The summed E-state index contributed by atoms with van der Waals surface area (Å²) in [5.41, 5.74) is 5.32. The van der Waals surface area contributed by atoms with Crippen molar-refractivity contribution in [1.29, 1.82) is 0 Å². The molecule has 0 radical (unpaired) electrons. The van der Waals surface area contributed by atoms with Crippen molar-refractivity contribution in [3.63, 3.8) is 0 Å². The molecule has 216 valence electrons. The quantitative estimate of drug-likeness (QED) is 0.118. The lowest BCUT2D eigenvalue weighted by Crippen LogP contribution is -2.23. The molecule has 7 rings (SSSR count). The molecule has 0 aliphatic carbocycles. The zero-order valence-electron chi connectivity index (χ0n) is 25.4. The van der Waals surface area contributed by atoms with Gasteiger partial charge >= 0.3 is 0 Å². The molecular formula is C37H41N2S3+. The van der Waals surface area contributed by atoms with Crippen molar-refractivity contribution in [3.8, 4) is 0 Å². The fourth-order valence-corrected chi connectivity index (χ4v) is 10.6. The summed E-state index contributed by atoms with van der Waals surface area (Å²) >= 11 is 6.04. The third-order valence-corrected chi connectivity index (χ3v) is 12.9. The number of unbranched alkanes of at least 4 members (excludes halogenated alkanes) is 6. The van der Waals surface area contributed by atoms with Crippen LogP contribution in [0.3, 0.4) is 0 Å². The van der Waals surface area contributed by atoms with Gasteiger partial charge in [-0.05, 0) is 61.4 Å². The minimum Gasteiger partial charge on any atom is -0.358 e. The van der Waals surface area contributed by atoms with E-state index >= 15 is 0 Å². The highest BCUT2D eigenvalue weighted by molar-refractivity contribution is 7.14. The van der Waals surface area contributed by atoms with E-state index in [0.717, 1.165) is 6.54 Å². The highest BCUT2D eigenvalue weighted by Gasteiger charge is 2.24. The van der Waals surface area contributed by atoms with Gasteiger partial charge in [0.25, 0.3) is 0 Å². The Morgan fingerprint density at radius 2 is 1.50 bits per heavy atom. The first-order valence-corrected chi connectivity index (χ1v) is 18.3. The Labute approximate surface area is 259 Å². The van der Waals surface area contributed by atoms with Crippen LogP contribution in [-0.2, 0) is 6.42 Å². The molecule has 2 aromatic carbocycles. The summed E-state index contributed by atoms with van der Waals surface area (Å²) in [6, 6.07) is 18.8. The van der Waals surface area contributed by atoms with E-state index in [1.807, 2.05) is 22.7 Å². The van der Waals surface area contributed by atoms with Gasteiger partial charge in [0.2, 0.25) is 11.0 Å². The highest BCUT2D eigenvalue weighted by Crippen LogP contribution is 2.32. The maximum Gasteiger partial charge on any atom is 0.226 e. The van der Waals surface area contributed by atoms with E-state index in [-0.39, 0.29) is 0 Å². The Balaban J connectivity index is 1.40. The minimum absolute atomic E-state index is 1.13. The zero-order valence-corrected chi connectivity index (χ0v) is 27.8. The van der Waals surface area contributed by atoms with Gasteiger partial charge in [-0.25, -0.2) is 0 Å². The molecule has 5 heterocycles. The lowest BCUT2D eigenvalue weighted by atomic mass is 10.0. The van der Waals surface area contributed by atoms with Gasteiger partial charge in [-0.3, -0.25) is 0 Å². The lowest BCUT2D eigenvalue weighted by molar-refractivity contribution is 0.611. The molecule has 4 aromatic heterocycles. The fraction of sp³-hybridized carbons (Fsp3) is 0.378. The van der Waals surface area contributed by atoms with Crippen LogP contribution in [0.25, 0.3) is 21.7 Å². The van der Waals surface area contributed by atoms with E-state index < -0.39 is 0 Å². The molecule has 0 amide bonds. The summed E-state index contributed by atoms with van der Waals surface area (Å²) in [5.74, 6) is 0. The molecular weight excluding hydrogens is 569 g/mol. The van der Waals surface area contributed by atoms with Crippen LogP contribution in [0, 0.1) is 41.7 Å². The molecule has 0 fully saturated rings. The van der Waals surface area contributed by atoms with Gasteiger partial charge in [-0.1, -0.05) is 70.2 Å². The average Bonchev–Trinajstić information content (AvgIpc) is 3.79. The smallest absolute Gasteiger partial charge is 0.226 e. The molecule has 0 saturated carbocycles. The van der Waals surface area contributed by atoms with Gasteiger partial charge in [0, 0.05) is 54.5 Å². The number of hydrogen-bond acceptors (Lipinski definition) is 3. The number of thiophene rings is 3. The number of aryl methyl sites for hydroxylation is 3. The molecule has 0 atom stereocenters. The van der Waals surface area contributed by atoms with Crippen LogP contribution in [0.5, 0.6) is 0 Å². The second kappa shape index (κ2) is 11.7. The average molecular weight is 610 g/mol. The van der Waals surface area contributed by atoms with E-state index in [1.165, 1.54) is 130 Å². The molecule has 0 spiro atoms. The maximum absolute atomic E-state index is 3.58. The van der Waals surface area contributed by atoms with Crippen LogP contribution in [0.1, 0.15) is 81.3 Å². The predicted octanol–water partition coefficient (Wildman–Crippen LogP) is 10.5. The molecule has 1 aliphatic rings. The number of fused-ring (bicyclic) bond motifs is 2. The normalized spacial score (nSPS) is 14.4. The number of nitrogens with one attached hydrogen (secondary N) is 1. The topological polar surface area (TPSA) is 18.8 Å². The third kappa shape index (κ3) is 4.88. The van der Waals surface area contributed by atoms with Crippen LogP contribution in [-0.4, -0.2) is 11.5 Å². The van der Waals surface area contributed by atoms with Crippen LogP contribution >= 0.6 is 34.0 Å². The summed E-state index contributed by atoms with van der Waals surface area (Å²) in [4.78, 5) is 5.15. The molecule has 0 unspecified atom stereocenters. The number of hydrogen-bond donors (Lipinski definition) is 1. The van der Waals surface area contributed by atoms with Gasteiger partial charge < -0.3 is 4.98 Å². The largest absolute Gasteiger partial charge is 0.358 e. The van der Waals surface area contributed by atoms with Crippen molar-refractivity contribution in [2.24, 2.45) is 0 Å². The Hall–Kier alpha value is -2.73. The number of aromatic nitrogens is 1. The van der Waals surface area contributed by atoms with Crippen molar-refractivity contribution >= 4 is 61.4 Å². The minimum atomic E-state index is 1.13. The summed E-state index contributed by atoms with van der Waals surface area (Å²) in [6.07, 6.45) is 11.7. The van der Waals surface area contributed by atoms with Crippen molar-refractivity contribution in [3.05, 3.63) is 97.9 Å². The van der Waals surface area contributed by atoms with E-state index in [1.54, 1.807) is 4.88 Å². The van der Waals surface area contributed by atoms with Crippen LogP contribution in [0.15, 0.2) is 48.5 Å². The Bertz CT molecular complexity index is 2260. The fourth-order valence-electron chi connectivity index (χ4n) is 6.73. The molecule has 5 heteroatoms. The summed E-state index contributed by atoms with van der Waals surface area (Å²) in [6.45, 7) is 10.2. The van der Waals surface area contributed by atoms with E-state index in [4.69, 9.17) is 0 Å². The standard InChI is InChI=1S/C37H40N2S3/c1-5-7-9-11-14-25-21-30-36(40-25)37-31(39(30)19-12-10-8-6-2)22-33(42-37)35-23(3)20-32(41-35)27-17-18-29-34-26(24(4)38-29)15-13-16-28(27)34/h13,15-18,20-22H,5-12,14,19H2,1-4H3/p+1. The van der Waals surface area contributed by atoms with Gasteiger partial charge in [-0.15, -0.1) is 34.0 Å². The van der Waals surface area contributed by atoms with Crippen molar-refractivity contribution < 1.29 is 0 Å². The number of benzene rings is 2. The maximum atomic E-state index is 3.58. The van der Waals surface area contributed by atoms with Crippen molar-refractivity contribution in [2.45, 2.75) is 85.5 Å². The zero-order chi connectivity index (χ0) is 28.8. The number of H-pyrrole nitrogens is 1. The first-order valence-electron chi connectivity index (χ1n) is 15.9. The van der Waals surface area contributed by atoms with Gasteiger partial charge in [0.15, 0.2) is 0 Å². The molecule has 1 N–H and O–H groups in total. The predicted molar refractivity (Wildman–Crippen MR) is 184 cm³/mol. The van der Waals surface area contributed by atoms with Gasteiger partial charge in [0.05, 0.1) is 4.53 Å². The number of aromatic amines is 1. The highest BCUT2D eigenvalue weighted by atomic mass is 32.1. The molecule has 1 aliphatic heterocycles. The Morgan fingerprint density at radius 3 is 2.33 bits per heavy atom. The summed E-state index contributed by atoms with van der Waals surface area (Å²) in [5, 5.41) is 6.88. The summed E-state index contributed by atoms with van der Waals surface area (Å²) < 4.78 is 9.89. The van der Waals surface area contributed by atoms with E-state index in [9.17, 15) is 0 Å². The second-order valence-corrected chi connectivity index (χ2v) is 15.3. The Morgan fingerprint density at radius 1 is 0.714 bits per heavy atom.